The Balaban J connectivity index is 2.16. The van der Waals surface area contributed by atoms with Crippen LogP contribution in [0.1, 0.15) is 10.4 Å². The first-order valence-corrected chi connectivity index (χ1v) is 5.71. The van der Waals surface area contributed by atoms with Crippen LogP contribution in [0, 0.1) is 10.1 Å². The minimum atomic E-state index is -0.493. The number of carbonyl (C=O) groups excluding carboxylic acids is 1. The fourth-order valence-electron chi connectivity index (χ4n) is 1.57. The van der Waals surface area contributed by atoms with Crippen LogP contribution in [0.5, 0.6) is 11.5 Å². The molecule has 0 heterocycles. The highest BCUT2D eigenvalue weighted by atomic mass is 16.6. The lowest BCUT2D eigenvalue weighted by Crippen LogP contribution is -2.00. The molecule has 0 saturated carbocycles. The molecule has 6 nitrogen and oxygen atoms in total. The number of carbonyl (C=O) groups is 1. The van der Waals surface area contributed by atoms with Crippen molar-refractivity contribution in [1.29, 1.82) is 0 Å². The van der Waals surface area contributed by atoms with Crippen LogP contribution in [-0.2, 0) is 4.74 Å². The van der Waals surface area contributed by atoms with Gasteiger partial charge >= 0.3 is 5.97 Å². The third kappa shape index (κ3) is 3.11. The predicted octanol–water partition coefficient (Wildman–Crippen LogP) is 3.17. The Morgan fingerprint density at radius 3 is 2.40 bits per heavy atom. The lowest BCUT2D eigenvalue weighted by atomic mass is 10.2. The van der Waals surface area contributed by atoms with E-state index in [2.05, 4.69) is 4.74 Å². The Hall–Kier alpha value is -2.89. The van der Waals surface area contributed by atoms with Crippen LogP contribution in [0.3, 0.4) is 0 Å². The fraction of sp³-hybridized carbons (Fsp3) is 0.0714. The molecule has 20 heavy (non-hydrogen) atoms. The summed E-state index contributed by atoms with van der Waals surface area (Å²) in [6, 6.07) is 12.1. The molecule has 0 atom stereocenters. The SMILES string of the molecule is COC(=O)c1ccc(Oc2cccc([N+](=O)[O-])c2)cc1. The number of rotatable bonds is 4. The molecule has 0 saturated heterocycles. The van der Waals surface area contributed by atoms with Crippen molar-refractivity contribution in [1.82, 2.24) is 0 Å². The zero-order chi connectivity index (χ0) is 14.5. The number of nitro benzene ring substituents is 1. The van der Waals surface area contributed by atoms with Crippen molar-refractivity contribution in [2.75, 3.05) is 7.11 Å². The topological polar surface area (TPSA) is 78.7 Å². The van der Waals surface area contributed by atoms with Gasteiger partial charge in [-0.1, -0.05) is 6.07 Å². The third-order valence-corrected chi connectivity index (χ3v) is 2.54. The summed E-state index contributed by atoms with van der Waals surface area (Å²) in [5.74, 6) is 0.384. The monoisotopic (exact) mass is 273 g/mol. The van der Waals surface area contributed by atoms with Gasteiger partial charge in [-0.15, -0.1) is 0 Å². The molecule has 0 aromatic heterocycles. The number of ether oxygens (including phenoxy) is 2. The number of non-ortho nitro benzene ring substituents is 1. The quantitative estimate of drug-likeness (QED) is 0.485. The zero-order valence-corrected chi connectivity index (χ0v) is 10.6. The van der Waals surface area contributed by atoms with Gasteiger partial charge in [0.05, 0.1) is 23.7 Å². The number of methoxy groups -OCH3 is 1. The van der Waals surface area contributed by atoms with Gasteiger partial charge in [-0.25, -0.2) is 4.79 Å². The van der Waals surface area contributed by atoms with Crippen LogP contribution in [0.4, 0.5) is 5.69 Å². The van der Waals surface area contributed by atoms with Gasteiger partial charge in [-0.3, -0.25) is 10.1 Å². The molecule has 0 fully saturated rings. The maximum atomic E-state index is 11.3. The van der Waals surface area contributed by atoms with E-state index in [4.69, 9.17) is 4.74 Å². The van der Waals surface area contributed by atoms with Crippen molar-refractivity contribution in [3.63, 3.8) is 0 Å². The van der Waals surface area contributed by atoms with E-state index in [0.29, 0.717) is 17.1 Å². The van der Waals surface area contributed by atoms with E-state index in [1.807, 2.05) is 0 Å². The van der Waals surface area contributed by atoms with Crippen LogP contribution in [-0.4, -0.2) is 18.0 Å². The van der Waals surface area contributed by atoms with Crippen LogP contribution >= 0.6 is 0 Å². The molecule has 2 rings (SSSR count). The molecule has 0 radical (unpaired) electrons. The normalized spacial score (nSPS) is 9.85. The largest absolute Gasteiger partial charge is 0.465 e. The molecule has 0 aliphatic carbocycles. The van der Waals surface area contributed by atoms with Gasteiger partial charge in [-0.05, 0) is 30.3 Å². The Labute approximate surface area is 114 Å². The summed E-state index contributed by atoms with van der Waals surface area (Å²) in [6.07, 6.45) is 0. The van der Waals surface area contributed by atoms with Gasteiger partial charge < -0.3 is 9.47 Å². The molecule has 102 valence electrons. The highest BCUT2D eigenvalue weighted by molar-refractivity contribution is 5.89. The highest BCUT2D eigenvalue weighted by Gasteiger charge is 2.08. The van der Waals surface area contributed by atoms with E-state index in [0.717, 1.165) is 0 Å². The number of benzene rings is 2. The molecule has 0 unspecified atom stereocenters. The summed E-state index contributed by atoms with van der Waals surface area (Å²) in [6.45, 7) is 0. The molecule has 0 aliphatic rings. The molecule has 2 aromatic carbocycles. The third-order valence-electron chi connectivity index (χ3n) is 2.54. The summed E-state index contributed by atoms with van der Waals surface area (Å²) in [4.78, 5) is 21.4. The molecule has 0 N–H and O–H groups in total. The van der Waals surface area contributed by atoms with Gasteiger partial charge in [0.1, 0.15) is 11.5 Å². The van der Waals surface area contributed by atoms with Gasteiger partial charge in [0.25, 0.3) is 5.69 Å². The Bertz CT molecular complexity index is 636. The molecule has 0 bridgehead atoms. The molecule has 0 amide bonds. The number of nitrogens with zero attached hydrogens (tertiary/aromatic N) is 1. The van der Waals surface area contributed by atoms with Crippen LogP contribution in [0.25, 0.3) is 0 Å². The van der Waals surface area contributed by atoms with Crippen LogP contribution in [0.15, 0.2) is 48.5 Å². The van der Waals surface area contributed by atoms with E-state index in [-0.39, 0.29) is 5.69 Å². The average Bonchev–Trinajstić information content (AvgIpc) is 2.47. The van der Waals surface area contributed by atoms with Crippen molar-refractivity contribution in [2.24, 2.45) is 0 Å². The molecule has 0 spiro atoms. The van der Waals surface area contributed by atoms with E-state index in [1.54, 1.807) is 30.3 Å². The van der Waals surface area contributed by atoms with E-state index < -0.39 is 10.9 Å². The standard InChI is InChI=1S/C14H11NO5/c1-19-14(16)10-5-7-12(8-6-10)20-13-4-2-3-11(9-13)15(17)18/h2-9H,1H3. The van der Waals surface area contributed by atoms with Crippen molar-refractivity contribution in [2.45, 2.75) is 0 Å². The Morgan fingerprint density at radius 2 is 1.80 bits per heavy atom. The number of hydrogen-bond donors (Lipinski definition) is 0. The van der Waals surface area contributed by atoms with Crippen LogP contribution in [0.2, 0.25) is 0 Å². The summed E-state index contributed by atoms with van der Waals surface area (Å²) < 4.78 is 10.1. The first kappa shape index (κ1) is 13.5. The number of esters is 1. The molecule has 2 aromatic rings. The number of hydrogen-bond acceptors (Lipinski definition) is 5. The highest BCUT2D eigenvalue weighted by Crippen LogP contribution is 2.25. The number of nitro groups is 1. The van der Waals surface area contributed by atoms with E-state index >= 15 is 0 Å². The summed E-state index contributed by atoms with van der Waals surface area (Å²) in [5, 5.41) is 10.7. The molecule has 6 heteroatoms. The average molecular weight is 273 g/mol. The Kier molecular flexibility index (Phi) is 3.95. The zero-order valence-electron chi connectivity index (χ0n) is 10.6. The summed E-state index contributed by atoms with van der Waals surface area (Å²) in [5.41, 5.74) is 0.354. The second-order valence-corrected chi connectivity index (χ2v) is 3.87. The van der Waals surface area contributed by atoms with Crippen molar-refractivity contribution in [3.8, 4) is 11.5 Å². The second kappa shape index (κ2) is 5.83. The van der Waals surface area contributed by atoms with Crippen molar-refractivity contribution in [3.05, 3.63) is 64.2 Å². The second-order valence-electron chi connectivity index (χ2n) is 3.87. The van der Waals surface area contributed by atoms with Gasteiger partial charge in [-0.2, -0.15) is 0 Å². The molecule has 0 aliphatic heterocycles. The van der Waals surface area contributed by atoms with Gasteiger partial charge in [0.2, 0.25) is 0 Å². The van der Waals surface area contributed by atoms with Crippen molar-refractivity contribution < 1.29 is 19.2 Å². The first-order chi connectivity index (χ1) is 9.60. The smallest absolute Gasteiger partial charge is 0.337 e. The van der Waals surface area contributed by atoms with E-state index in [1.165, 1.54) is 25.3 Å². The maximum Gasteiger partial charge on any atom is 0.337 e. The summed E-state index contributed by atoms with van der Waals surface area (Å²) in [7, 11) is 1.30. The lowest BCUT2D eigenvalue weighted by molar-refractivity contribution is -0.384. The van der Waals surface area contributed by atoms with E-state index in [9.17, 15) is 14.9 Å². The van der Waals surface area contributed by atoms with Gasteiger partial charge in [0.15, 0.2) is 0 Å². The lowest BCUT2D eigenvalue weighted by Gasteiger charge is -2.06. The minimum Gasteiger partial charge on any atom is -0.465 e. The van der Waals surface area contributed by atoms with Crippen LogP contribution < -0.4 is 4.74 Å². The molecular formula is C14H11NO5. The summed E-state index contributed by atoms with van der Waals surface area (Å²) >= 11 is 0. The first-order valence-electron chi connectivity index (χ1n) is 5.71. The minimum absolute atomic E-state index is 0.0475. The molecular weight excluding hydrogens is 262 g/mol. The fourth-order valence-corrected chi connectivity index (χ4v) is 1.57. The Morgan fingerprint density at radius 1 is 1.10 bits per heavy atom. The van der Waals surface area contributed by atoms with Crippen molar-refractivity contribution >= 4 is 11.7 Å². The van der Waals surface area contributed by atoms with Gasteiger partial charge in [0, 0.05) is 6.07 Å². The maximum absolute atomic E-state index is 11.3. The predicted molar refractivity (Wildman–Crippen MR) is 71.0 cm³/mol.